The van der Waals surface area contributed by atoms with E-state index in [4.69, 9.17) is 0 Å². The molecule has 1 aromatic carbocycles. The Morgan fingerprint density at radius 2 is 1.79 bits per heavy atom. The number of likely N-dealkylation sites (tertiary alicyclic amines) is 1. The minimum Gasteiger partial charge on any atom is -0.333 e. The zero-order valence-electron chi connectivity index (χ0n) is 16.3. The lowest BCUT2D eigenvalue weighted by Crippen LogP contribution is -2.49. The van der Waals surface area contributed by atoms with E-state index >= 15 is 0 Å². The maximum atomic E-state index is 13.4. The average molecular weight is 375 g/mol. The van der Waals surface area contributed by atoms with E-state index in [1.54, 1.807) is 16.8 Å². The fourth-order valence-electron chi connectivity index (χ4n) is 4.23. The number of hydrogen-bond acceptors (Lipinski definition) is 3. The van der Waals surface area contributed by atoms with Gasteiger partial charge in [0.1, 0.15) is 11.2 Å². The number of amides is 1. The van der Waals surface area contributed by atoms with Crippen LogP contribution in [-0.4, -0.2) is 32.4 Å². The van der Waals surface area contributed by atoms with Crippen molar-refractivity contribution in [3.05, 3.63) is 76.2 Å². The monoisotopic (exact) mass is 375 g/mol. The molecule has 4 rings (SSSR count). The molecule has 0 saturated carbocycles. The summed E-state index contributed by atoms with van der Waals surface area (Å²) in [5, 5.41) is 0.804. The summed E-state index contributed by atoms with van der Waals surface area (Å²) in [6.07, 6.45) is 4.75. The second-order valence-corrected chi connectivity index (χ2v) is 7.69. The third-order valence-electron chi connectivity index (χ3n) is 5.69. The van der Waals surface area contributed by atoms with Crippen molar-refractivity contribution in [3.8, 4) is 0 Å². The summed E-state index contributed by atoms with van der Waals surface area (Å²) in [4.78, 5) is 33.0. The highest BCUT2D eigenvalue weighted by atomic mass is 16.2. The van der Waals surface area contributed by atoms with Gasteiger partial charge in [-0.1, -0.05) is 30.3 Å². The third-order valence-corrected chi connectivity index (χ3v) is 5.69. The van der Waals surface area contributed by atoms with Gasteiger partial charge >= 0.3 is 0 Å². The fraction of sp³-hybridized carbons (Fsp3) is 0.348. The Bertz CT molecular complexity index is 1050. The zero-order chi connectivity index (χ0) is 19.7. The van der Waals surface area contributed by atoms with Crippen molar-refractivity contribution in [1.82, 2.24) is 14.5 Å². The maximum Gasteiger partial charge on any atom is 0.265 e. The van der Waals surface area contributed by atoms with E-state index in [-0.39, 0.29) is 29.1 Å². The molecular formula is C23H25N3O2. The van der Waals surface area contributed by atoms with Crippen LogP contribution in [0.5, 0.6) is 0 Å². The minimum absolute atomic E-state index is 0.141. The SMILES string of the molecule is C[C@@H]1CCC[C@@H](C)N1C(=O)c1cc2cccnc2n(Cc2ccccc2)c1=O. The van der Waals surface area contributed by atoms with E-state index < -0.39 is 0 Å². The first-order valence-electron chi connectivity index (χ1n) is 9.91. The van der Waals surface area contributed by atoms with E-state index in [1.807, 2.05) is 47.4 Å². The van der Waals surface area contributed by atoms with Crippen LogP contribution in [0.1, 0.15) is 49.0 Å². The number of hydrogen-bond donors (Lipinski definition) is 0. The second kappa shape index (κ2) is 7.58. The van der Waals surface area contributed by atoms with E-state index in [2.05, 4.69) is 18.8 Å². The van der Waals surface area contributed by atoms with Gasteiger partial charge in [0, 0.05) is 23.7 Å². The van der Waals surface area contributed by atoms with Gasteiger partial charge in [-0.2, -0.15) is 0 Å². The molecule has 0 bridgehead atoms. The fourth-order valence-corrected chi connectivity index (χ4v) is 4.23. The summed E-state index contributed by atoms with van der Waals surface area (Å²) in [6.45, 7) is 4.52. The lowest BCUT2D eigenvalue weighted by atomic mass is 9.96. The number of benzene rings is 1. The highest BCUT2D eigenvalue weighted by molar-refractivity contribution is 5.97. The highest BCUT2D eigenvalue weighted by Gasteiger charge is 2.31. The van der Waals surface area contributed by atoms with Crippen molar-refractivity contribution in [2.75, 3.05) is 0 Å². The summed E-state index contributed by atoms with van der Waals surface area (Å²) in [6, 6.07) is 15.5. The van der Waals surface area contributed by atoms with Crippen LogP contribution >= 0.6 is 0 Å². The largest absolute Gasteiger partial charge is 0.333 e. The van der Waals surface area contributed by atoms with Crippen LogP contribution in [0.2, 0.25) is 0 Å². The summed E-state index contributed by atoms with van der Waals surface area (Å²) in [5.74, 6) is -0.169. The van der Waals surface area contributed by atoms with Crippen LogP contribution in [0.15, 0.2) is 59.5 Å². The number of nitrogens with zero attached hydrogens (tertiary/aromatic N) is 3. The molecular weight excluding hydrogens is 350 g/mol. The van der Waals surface area contributed by atoms with Crippen molar-refractivity contribution in [3.63, 3.8) is 0 Å². The Morgan fingerprint density at radius 1 is 1.07 bits per heavy atom. The summed E-state index contributed by atoms with van der Waals surface area (Å²) in [5.41, 5.74) is 1.57. The standard InChI is InChI=1S/C23H25N3O2/c1-16-8-6-9-17(2)26(16)23(28)20-14-19-12-7-13-24-21(19)25(22(20)27)15-18-10-4-3-5-11-18/h3-5,7,10-14,16-17H,6,8-9,15H2,1-2H3/t16-,17-/m1/s1. The molecule has 5 nitrogen and oxygen atoms in total. The second-order valence-electron chi connectivity index (χ2n) is 7.69. The predicted molar refractivity (Wildman–Crippen MR) is 110 cm³/mol. The first kappa shape index (κ1) is 18.4. The van der Waals surface area contributed by atoms with Crippen molar-refractivity contribution in [2.24, 2.45) is 0 Å². The van der Waals surface area contributed by atoms with E-state index in [0.717, 1.165) is 30.2 Å². The highest BCUT2D eigenvalue weighted by Crippen LogP contribution is 2.24. The van der Waals surface area contributed by atoms with Crippen molar-refractivity contribution >= 4 is 16.9 Å². The number of piperidine rings is 1. The maximum absolute atomic E-state index is 13.4. The van der Waals surface area contributed by atoms with Crippen LogP contribution in [0, 0.1) is 0 Å². The number of carbonyl (C=O) groups is 1. The molecule has 3 aromatic rings. The third kappa shape index (κ3) is 3.33. The number of pyridine rings is 2. The molecule has 0 unspecified atom stereocenters. The van der Waals surface area contributed by atoms with E-state index in [9.17, 15) is 9.59 Å². The first-order chi connectivity index (χ1) is 13.6. The van der Waals surface area contributed by atoms with Gasteiger partial charge in [-0.25, -0.2) is 4.98 Å². The summed E-state index contributed by atoms with van der Waals surface area (Å²) in [7, 11) is 0. The zero-order valence-corrected chi connectivity index (χ0v) is 16.3. The molecule has 0 spiro atoms. The van der Waals surface area contributed by atoms with Gasteiger partial charge in [0.05, 0.1) is 6.54 Å². The molecule has 1 aliphatic heterocycles. The Balaban J connectivity index is 1.84. The molecule has 0 aliphatic carbocycles. The molecule has 5 heteroatoms. The molecule has 3 heterocycles. The van der Waals surface area contributed by atoms with Crippen LogP contribution in [0.3, 0.4) is 0 Å². The molecule has 0 N–H and O–H groups in total. The van der Waals surface area contributed by atoms with Crippen LogP contribution in [-0.2, 0) is 6.54 Å². The number of fused-ring (bicyclic) bond motifs is 1. The molecule has 1 amide bonds. The number of carbonyl (C=O) groups excluding carboxylic acids is 1. The summed E-state index contributed by atoms with van der Waals surface area (Å²) >= 11 is 0. The Morgan fingerprint density at radius 3 is 2.50 bits per heavy atom. The first-order valence-corrected chi connectivity index (χ1v) is 9.91. The van der Waals surface area contributed by atoms with E-state index in [0.29, 0.717) is 12.2 Å². The van der Waals surface area contributed by atoms with Crippen LogP contribution in [0.25, 0.3) is 11.0 Å². The molecule has 1 saturated heterocycles. The molecule has 1 fully saturated rings. The van der Waals surface area contributed by atoms with Crippen LogP contribution in [0.4, 0.5) is 0 Å². The van der Waals surface area contributed by atoms with Gasteiger partial charge in [-0.15, -0.1) is 0 Å². The molecule has 0 radical (unpaired) electrons. The Hall–Kier alpha value is -2.95. The van der Waals surface area contributed by atoms with Gasteiger partial charge < -0.3 is 4.90 Å². The van der Waals surface area contributed by atoms with E-state index in [1.165, 1.54) is 0 Å². The quantitative estimate of drug-likeness (QED) is 0.699. The number of aromatic nitrogens is 2. The van der Waals surface area contributed by atoms with Crippen LogP contribution < -0.4 is 5.56 Å². The molecule has 2 atom stereocenters. The molecule has 2 aromatic heterocycles. The summed E-state index contributed by atoms with van der Waals surface area (Å²) < 4.78 is 1.62. The van der Waals surface area contributed by atoms with Gasteiger partial charge in [0.2, 0.25) is 0 Å². The van der Waals surface area contributed by atoms with Crippen molar-refractivity contribution in [2.45, 2.75) is 51.7 Å². The smallest absolute Gasteiger partial charge is 0.265 e. The predicted octanol–water partition coefficient (Wildman–Crippen LogP) is 3.85. The normalized spacial score (nSPS) is 19.7. The Labute approximate surface area is 164 Å². The lowest BCUT2D eigenvalue weighted by Gasteiger charge is -2.39. The lowest BCUT2D eigenvalue weighted by molar-refractivity contribution is 0.0508. The minimum atomic E-state index is -0.273. The van der Waals surface area contributed by atoms with Gasteiger partial charge in [-0.3, -0.25) is 14.2 Å². The van der Waals surface area contributed by atoms with Gasteiger partial charge in [-0.05, 0) is 56.9 Å². The Kier molecular flexibility index (Phi) is 4.99. The average Bonchev–Trinajstić information content (AvgIpc) is 2.70. The van der Waals surface area contributed by atoms with Crippen molar-refractivity contribution < 1.29 is 4.79 Å². The molecule has 1 aliphatic rings. The topological polar surface area (TPSA) is 55.2 Å². The van der Waals surface area contributed by atoms with Crippen molar-refractivity contribution in [1.29, 1.82) is 0 Å². The molecule has 28 heavy (non-hydrogen) atoms. The van der Waals surface area contributed by atoms with Gasteiger partial charge in [0.25, 0.3) is 11.5 Å². The number of rotatable bonds is 3. The molecule has 144 valence electrons. The van der Waals surface area contributed by atoms with Gasteiger partial charge in [0.15, 0.2) is 0 Å².